The lowest BCUT2D eigenvalue weighted by atomic mass is 9.99. The summed E-state index contributed by atoms with van der Waals surface area (Å²) in [5.41, 5.74) is 8.73. The van der Waals surface area contributed by atoms with Crippen LogP contribution in [0.2, 0.25) is 0 Å². The number of nitrogens with zero attached hydrogens (tertiary/aromatic N) is 3. The van der Waals surface area contributed by atoms with E-state index in [0.717, 1.165) is 44.6 Å². The van der Waals surface area contributed by atoms with Crippen molar-refractivity contribution in [3.63, 3.8) is 0 Å². The first-order chi connectivity index (χ1) is 18.8. The van der Waals surface area contributed by atoms with E-state index >= 15 is 0 Å². The van der Waals surface area contributed by atoms with Crippen LogP contribution in [0, 0.1) is 0 Å². The van der Waals surface area contributed by atoms with Gasteiger partial charge in [-0.3, -0.25) is 4.40 Å². The van der Waals surface area contributed by atoms with E-state index < -0.39 is 0 Å². The Bertz CT molecular complexity index is 2140. The fourth-order valence-electron chi connectivity index (χ4n) is 5.75. The molecule has 0 aliphatic rings. The molecule has 0 aliphatic heterocycles. The van der Waals surface area contributed by atoms with E-state index in [1.807, 2.05) is 54.7 Å². The number of phenolic OH excluding ortho intramolecular Hbond substituents is 1. The van der Waals surface area contributed by atoms with Crippen molar-refractivity contribution in [1.29, 1.82) is 0 Å². The highest BCUT2D eigenvalue weighted by molar-refractivity contribution is 6.22. The summed E-state index contributed by atoms with van der Waals surface area (Å²) in [6.07, 6.45) is 1.86. The average Bonchev–Trinajstić information content (AvgIpc) is 3.50. The summed E-state index contributed by atoms with van der Waals surface area (Å²) in [5.74, 6) is 0.216. The van der Waals surface area contributed by atoms with Crippen LogP contribution in [0.15, 0.2) is 121 Å². The van der Waals surface area contributed by atoms with Crippen LogP contribution in [0.4, 0.5) is 0 Å². The quantitative estimate of drug-likeness (QED) is 0.272. The molecular formula is C34H21N3O. The molecule has 38 heavy (non-hydrogen) atoms. The van der Waals surface area contributed by atoms with Crippen LogP contribution in [-0.2, 0) is 0 Å². The fourth-order valence-corrected chi connectivity index (χ4v) is 5.75. The Morgan fingerprint density at radius 3 is 2.18 bits per heavy atom. The zero-order valence-electron chi connectivity index (χ0n) is 20.3. The standard InChI is InChI=1S/C34H21N3O/c38-32-14-5-4-10-28(32)30-19-23(21-8-2-1-3-9-21)18-29(36-30)22-15-16-24-25-11-6-12-26-27-13-7-17-35-34(27)37(33(25)26)31(24)20-22/h1-20,38H. The monoisotopic (exact) mass is 487 g/mol. The number of hydrogen-bond acceptors (Lipinski definition) is 3. The van der Waals surface area contributed by atoms with Gasteiger partial charge in [-0.05, 0) is 53.6 Å². The van der Waals surface area contributed by atoms with Crippen LogP contribution in [0.3, 0.4) is 0 Å². The maximum Gasteiger partial charge on any atom is 0.145 e. The van der Waals surface area contributed by atoms with Crippen molar-refractivity contribution < 1.29 is 5.11 Å². The zero-order valence-corrected chi connectivity index (χ0v) is 20.3. The highest BCUT2D eigenvalue weighted by Crippen LogP contribution is 2.40. The topological polar surface area (TPSA) is 50.4 Å². The largest absolute Gasteiger partial charge is 0.507 e. The maximum atomic E-state index is 10.6. The van der Waals surface area contributed by atoms with Gasteiger partial charge in [0.1, 0.15) is 11.4 Å². The summed E-state index contributed by atoms with van der Waals surface area (Å²) in [4.78, 5) is 9.81. The van der Waals surface area contributed by atoms with Gasteiger partial charge in [0.05, 0.1) is 22.4 Å². The van der Waals surface area contributed by atoms with E-state index in [9.17, 15) is 5.11 Å². The molecule has 0 saturated carbocycles. The van der Waals surface area contributed by atoms with Gasteiger partial charge in [0.2, 0.25) is 0 Å². The molecule has 4 aromatic carbocycles. The third kappa shape index (κ3) is 2.98. The molecule has 8 aromatic rings. The molecule has 1 N–H and O–H groups in total. The third-order valence-corrected chi connectivity index (χ3v) is 7.49. The lowest BCUT2D eigenvalue weighted by Gasteiger charge is -2.11. The van der Waals surface area contributed by atoms with Crippen LogP contribution in [-0.4, -0.2) is 19.5 Å². The lowest BCUT2D eigenvalue weighted by molar-refractivity contribution is 0.477. The van der Waals surface area contributed by atoms with Gasteiger partial charge in [-0.1, -0.05) is 72.8 Å². The van der Waals surface area contributed by atoms with Crippen LogP contribution in [0.1, 0.15) is 0 Å². The maximum absolute atomic E-state index is 10.6. The molecule has 0 saturated heterocycles. The summed E-state index contributed by atoms with van der Waals surface area (Å²) in [5, 5.41) is 15.4. The van der Waals surface area contributed by atoms with Gasteiger partial charge in [-0.2, -0.15) is 0 Å². The van der Waals surface area contributed by atoms with Gasteiger partial charge in [0.15, 0.2) is 0 Å². The predicted molar refractivity (Wildman–Crippen MR) is 155 cm³/mol. The molecule has 4 heteroatoms. The summed E-state index contributed by atoms with van der Waals surface area (Å²) in [6, 6.07) is 39.0. The average molecular weight is 488 g/mol. The van der Waals surface area contributed by atoms with Gasteiger partial charge in [-0.25, -0.2) is 9.97 Å². The van der Waals surface area contributed by atoms with Crippen molar-refractivity contribution >= 4 is 38.2 Å². The highest BCUT2D eigenvalue weighted by Gasteiger charge is 2.19. The molecule has 4 nitrogen and oxygen atoms in total. The Labute approximate surface area is 218 Å². The van der Waals surface area contributed by atoms with E-state index in [0.29, 0.717) is 5.56 Å². The number of benzene rings is 4. The van der Waals surface area contributed by atoms with Crippen molar-refractivity contribution in [2.24, 2.45) is 0 Å². The van der Waals surface area contributed by atoms with Crippen molar-refractivity contribution in [2.75, 3.05) is 0 Å². The number of para-hydroxylation sites is 2. The Balaban J connectivity index is 1.42. The van der Waals surface area contributed by atoms with E-state index in [4.69, 9.17) is 9.97 Å². The molecule has 178 valence electrons. The Kier molecular flexibility index (Phi) is 4.34. The molecule has 0 radical (unpaired) electrons. The zero-order chi connectivity index (χ0) is 25.2. The summed E-state index contributed by atoms with van der Waals surface area (Å²) >= 11 is 0. The van der Waals surface area contributed by atoms with Crippen molar-refractivity contribution in [3.8, 4) is 39.4 Å². The second-order valence-corrected chi connectivity index (χ2v) is 9.65. The van der Waals surface area contributed by atoms with Crippen LogP contribution >= 0.6 is 0 Å². The number of hydrogen-bond donors (Lipinski definition) is 1. The third-order valence-electron chi connectivity index (χ3n) is 7.49. The van der Waals surface area contributed by atoms with E-state index in [2.05, 4.69) is 65.1 Å². The minimum absolute atomic E-state index is 0.216. The Morgan fingerprint density at radius 1 is 0.553 bits per heavy atom. The highest BCUT2D eigenvalue weighted by atomic mass is 16.3. The molecule has 0 aliphatic carbocycles. The van der Waals surface area contributed by atoms with Gasteiger partial charge in [0.25, 0.3) is 0 Å². The SMILES string of the molecule is Oc1ccccc1-c1cc(-c2ccccc2)cc(-c2ccc3c4cccc5c6cccnc6n(c3c2)c45)n1. The number of fused-ring (bicyclic) bond motifs is 6. The molecule has 0 bridgehead atoms. The van der Waals surface area contributed by atoms with Gasteiger partial charge < -0.3 is 5.11 Å². The summed E-state index contributed by atoms with van der Waals surface area (Å²) in [6.45, 7) is 0. The fraction of sp³-hybridized carbons (Fsp3) is 0. The first-order valence-electron chi connectivity index (χ1n) is 12.7. The first kappa shape index (κ1) is 20.9. The lowest BCUT2D eigenvalue weighted by Crippen LogP contribution is -1.92. The molecule has 0 unspecified atom stereocenters. The van der Waals surface area contributed by atoms with Crippen molar-refractivity contribution in [2.45, 2.75) is 0 Å². The molecule has 4 heterocycles. The molecular weight excluding hydrogens is 466 g/mol. The number of pyridine rings is 2. The molecule has 8 rings (SSSR count). The normalized spacial score (nSPS) is 11.8. The molecule has 0 fully saturated rings. The minimum Gasteiger partial charge on any atom is -0.507 e. The van der Waals surface area contributed by atoms with E-state index in [1.165, 1.54) is 21.7 Å². The van der Waals surface area contributed by atoms with Gasteiger partial charge >= 0.3 is 0 Å². The summed E-state index contributed by atoms with van der Waals surface area (Å²) < 4.78 is 2.28. The molecule has 0 atom stereocenters. The summed E-state index contributed by atoms with van der Waals surface area (Å²) in [7, 11) is 0. The smallest absolute Gasteiger partial charge is 0.145 e. The van der Waals surface area contributed by atoms with Crippen molar-refractivity contribution in [1.82, 2.24) is 14.4 Å². The molecule has 4 aromatic heterocycles. The first-order valence-corrected chi connectivity index (χ1v) is 12.7. The predicted octanol–water partition coefficient (Wildman–Crippen LogP) is 8.33. The molecule has 0 spiro atoms. The van der Waals surface area contributed by atoms with Gasteiger partial charge in [-0.15, -0.1) is 0 Å². The van der Waals surface area contributed by atoms with Gasteiger partial charge in [0, 0.05) is 38.9 Å². The van der Waals surface area contributed by atoms with E-state index in [-0.39, 0.29) is 5.75 Å². The Hall–Kier alpha value is -5.22. The second-order valence-electron chi connectivity index (χ2n) is 9.65. The van der Waals surface area contributed by atoms with Crippen LogP contribution in [0.25, 0.3) is 71.9 Å². The number of rotatable bonds is 3. The number of phenols is 1. The second kappa shape index (κ2) is 7.89. The Morgan fingerprint density at radius 2 is 1.32 bits per heavy atom. The molecule has 0 amide bonds. The van der Waals surface area contributed by atoms with Crippen molar-refractivity contribution in [3.05, 3.63) is 121 Å². The number of aromatic nitrogens is 3. The van der Waals surface area contributed by atoms with E-state index in [1.54, 1.807) is 6.07 Å². The number of aromatic hydroxyl groups is 1. The van der Waals surface area contributed by atoms with Crippen LogP contribution in [0.5, 0.6) is 5.75 Å². The van der Waals surface area contributed by atoms with Crippen LogP contribution < -0.4 is 0 Å². The minimum atomic E-state index is 0.216.